The number of rotatable bonds is 9. The number of nitrogens with one attached hydrogen (secondary N) is 1. The van der Waals surface area contributed by atoms with Crippen LogP contribution in [0.1, 0.15) is 51.7 Å². The predicted molar refractivity (Wildman–Crippen MR) is 136 cm³/mol. The van der Waals surface area contributed by atoms with Crippen LogP contribution in [0.25, 0.3) is 5.70 Å². The molecule has 6 heteroatoms. The first-order chi connectivity index (χ1) is 15.9. The fourth-order valence-electron chi connectivity index (χ4n) is 4.08. The van der Waals surface area contributed by atoms with Crippen molar-refractivity contribution < 1.29 is 14.6 Å². The maximum absolute atomic E-state index is 11.1. The number of phenolic OH excluding ortho intramolecular Hbond substituents is 1. The second-order valence-corrected chi connectivity index (χ2v) is 8.29. The van der Waals surface area contributed by atoms with Crippen LogP contribution in [-0.2, 0) is 11.2 Å². The highest BCUT2D eigenvalue weighted by Crippen LogP contribution is 2.40. The minimum atomic E-state index is 0.0475. The third kappa shape index (κ3) is 5.45. The van der Waals surface area contributed by atoms with Crippen LogP contribution in [0.15, 0.2) is 58.7 Å². The van der Waals surface area contributed by atoms with Gasteiger partial charge in [-0.2, -0.15) is 5.10 Å². The topological polar surface area (TPSA) is 74.2 Å². The lowest BCUT2D eigenvalue weighted by molar-refractivity contribution is -0.102. The SMILES string of the molecule is CC/C=C(\C)C(C)Nc1ccc2c(c1)C(N(/N=C/C=O)c1ccc(O)c(OC)c1)=C(C)CC2. The normalized spacial score (nSPS) is 14.8. The van der Waals surface area contributed by atoms with Crippen LogP contribution in [0.5, 0.6) is 11.5 Å². The number of hydrazone groups is 1. The number of carbonyl (C=O) groups excluding carboxylic acids is 1. The molecule has 0 heterocycles. The maximum atomic E-state index is 11.1. The van der Waals surface area contributed by atoms with Crippen molar-refractivity contribution in [3.8, 4) is 11.5 Å². The zero-order valence-corrected chi connectivity index (χ0v) is 20.1. The van der Waals surface area contributed by atoms with Crippen LogP contribution in [0.4, 0.5) is 11.4 Å². The van der Waals surface area contributed by atoms with E-state index in [-0.39, 0.29) is 11.8 Å². The van der Waals surface area contributed by atoms with Crippen molar-refractivity contribution >= 4 is 29.6 Å². The van der Waals surface area contributed by atoms with E-state index in [9.17, 15) is 9.90 Å². The highest BCUT2D eigenvalue weighted by atomic mass is 16.5. The van der Waals surface area contributed by atoms with E-state index in [4.69, 9.17) is 4.74 Å². The van der Waals surface area contributed by atoms with E-state index in [0.717, 1.165) is 36.2 Å². The van der Waals surface area contributed by atoms with E-state index in [0.29, 0.717) is 17.7 Å². The standard InChI is InChI=1S/C27H33N3O3/c1-6-7-18(2)20(4)29-22-11-10-21-9-8-19(3)27(24(21)16-22)30(28-14-15-31)23-12-13-25(32)26(17-23)33-5/h7,10-17,20,29,32H,6,8-9H2,1-5H3/b18-7+,28-14+. The Balaban J connectivity index is 2.08. The summed E-state index contributed by atoms with van der Waals surface area (Å²) in [6.07, 6.45) is 6.98. The predicted octanol–water partition coefficient (Wildman–Crippen LogP) is 5.93. The summed E-state index contributed by atoms with van der Waals surface area (Å²) in [5, 5.41) is 19.9. The lowest BCUT2D eigenvalue weighted by Gasteiger charge is -2.30. The number of methoxy groups -OCH3 is 1. The van der Waals surface area contributed by atoms with E-state index < -0.39 is 0 Å². The van der Waals surface area contributed by atoms with Gasteiger partial charge in [-0.15, -0.1) is 0 Å². The molecule has 174 valence electrons. The van der Waals surface area contributed by atoms with Crippen LogP contribution in [0.3, 0.4) is 0 Å². The number of ether oxygens (including phenoxy) is 1. The Bertz CT molecular complexity index is 1100. The third-order valence-corrected chi connectivity index (χ3v) is 5.99. The average Bonchev–Trinajstić information content (AvgIpc) is 2.81. The Hall–Kier alpha value is -3.54. The molecule has 2 aromatic carbocycles. The number of aldehydes is 1. The number of benzene rings is 2. The molecule has 0 saturated carbocycles. The molecule has 0 amide bonds. The summed E-state index contributed by atoms with van der Waals surface area (Å²) in [5.74, 6) is 0.391. The summed E-state index contributed by atoms with van der Waals surface area (Å²) >= 11 is 0. The number of aryl methyl sites for hydroxylation is 1. The smallest absolute Gasteiger partial charge is 0.162 e. The van der Waals surface area contributed by atoms with Gasteiger partial charge in [-0.25, -0.2) is 5.01 Å². The molecule has 33 heavy (non-hydrogen) atoms. The Labute approximate surface area is 196 Å². The van der Waals surface area contributed by atoms with Gasteiger partial charge in [-0.05, 0) is 75.4 Å². The van der Waals surface area contributed by atoms with Gasteiger partial charge >= 0.3 is 0 Å². The number of phenols is 1. The first-order valence-corrected chi connectivity index (χ1v) is 11.3. The van der Waals surface area contributed by atoms with Gasteiger partial charge in [0, 0.05) is 23.4 Å². The van der Waals surface area contributed by atoms with E-state index in [2.05, 4.69) is 62.4 Å². The molecule has 3 rings (SSSR count). The molecule has 1 aliphatic carbocycles. The second kappa shape index (κ2) is 10.9. The zero-order chi connectivity index (χ0) is 24.0. The highest BCUT2D eigenvalue weighted by molar-refractivity contribution is 6.13. The lowest BCUT2D eigenvalue weighted by Crippen LogP contribution is -2.21. The molecule has 6 nitrogen and oxygen atoms in total. The molecular formula is C27H33N3O3. The number of nitrogens with zero attached hydrogens (tertiary/aromatic N) is 2. The summed E-state index contributed by atoms with van der Waals surface area (Å²) in [6.45, 7) is 8.54. The Morgan fingerprint density at radius 3 is 2.76 bits per heavy atom. The summed E-state index contributed by atoms with van der Waals surface area (Å²) in [5.41, 5.74) is 7.42. The summed E-state index contributed by atoms with van der Waals surface area (Å²) in [7, 11) is 1.51. The van der Waals surface area contributed by atoms with E-state index in [1.165, 1.54) is 30.0 Å². The number of aromatic hydroxyl groups is 1. The van der Waals surface area contributed by atoms with E-state index in [1.54, 1.807) is 23.2 Å². The van der Waals surface area contributed by atoms with Crippen molar-refractivity contribution in [1.82, 2.24) is 0 Å². The van der Waals surface area contributed by atoms with Crippen LogP contribution in [0, 0.1) is 0 Å². The number of hydrogen-bond donors (Lipinski definition) is 2. The average molecular weight is 448 g/mol. The van der Waals surface area contributed by atoms with Gasteiger partial charge in [0.1, 0.15) is 0 Å². The molecule has 0 radical (unpaired) electrons. The molecular weight excluding hydrogens is 414 g/mol. The zero-order valence-electron chi connectivity index (χ0n) is 20.1. The number of anilines is 2. The number of carbonyl (C=O) groups is 1. The van der Waals surface area contributed by atoms with Crippen molar-refractivity contribution in [2.75, 3.05) is 17.4 Å². The number of allylic oxidation sites excluding steroid dienone is 2. The number of fused-ring (bicyclic) bond motifs is 1. The molecule has 0 aromatic heterocycles. The van der Waals surface area contributed by atoms with Crippen molar-refractivity contribution in [2.45, 2.75) is 53.0 Å². The van der Waals surface area contributed by atoms with Gasteiger partial charge in [0.25, 0.3) is 0 Å². The van der Waals surface area contributed by atoms with E-state index in [1.807, 2.05) is 0 Å². The lowest BCUT2D eigenvalue weighted by atomic mass is 9.89. The molecule has 2 aromatic rings. The van der Waals surface area contributed by atoms with Crippen LogP contribution >= 0.6 is 0 Å². The third-order valence-electron chi connectivity index (χ3n) is 5.99. The van der Waals surface area contributed by atoms with Crippen LogP contribution in [-0.4, -0.2) is 30.8 Å². The van der Waals surface area contributed by atoms with Crippen molar-refractivity contribution in [1.29, 1.82) is 0 Å². The van der Waals surface area contributed by atoms with Gasteiger partial charge in [0.2, 0.25) is 0 Å². The summed E-state index contributed by atoms with van der Waals surface area (Å²) < 4.78 is 5.30. The first kappa shape index (κ1) is 24.1. The molecule has 1 aliphatic rings. The monoisotopic (exact) mass is 447 g/mol. The fraction of sp³-hybridized carbons (Fsp3) is 0.333. The molecule has 0 saturated heterocycles. The fourth-order valence-corrected chi connectivity index (χ4v) is 4.08. The second-order valence-electron chi connectivity index (χ2n) is 8.29. The molecule has 0 spiro atoms. The quantitative estimate of drug-likeness (QED) is 0.216. The Kier molecular flexibility index (Phi) is 7.93. The van der Waals surface area contributed by atoms with Crippen molar-refractivity contribution in [2.24, 2.45) is 5.10 Å². The molecule has 1 atom stereocenters. The van der Waals surface area contributed by atoms with Gasteiger partial charge in [0.05, 0.1) is 24.7 Å². The Morgan fingerprint density at radius 1 is 1.27 bits per heavy atom. The van der Waals surface area contributed by atoms with Gasteiger partial charge in [-0.3, -0.25) is 4.79 Å². The molecule has 0 bridgehead atoms. The van der Waals surface area contributed by atoms with Crippen LogP contribution in [0.2, 0.25) is 0 Å². The van der Waals surface area contributed by atoms with Gasteiger partial charge in [0.15, 0.2) is 17.8 Å². The molecule has 1 unspecified atom stereocenters. The largest absolute Gasteiger partial charge is 0.504 e. The molecule has 0 fully saturated rings. The highest BCUT2D eigenvalue weighted by Gasteiger charge is 2.24. The summed E-state index contributed by atoms with van der Waals surface area (Å²) in [6, 6.07) is 11.7. The first-order valence-electron chi connectivity index (χ1n) is 11.3. The van der Waals surface area contributed by atoms with Gasteiger partial charge < -0.3 is 15.2 Å². The summed E-state index contributed by atoms with van der Waals surface area (Å²) in [4.78, 5) is 11.1. The van der Waals surface area contributed by atoms with Crippen molar-refractivity contribution in [3.05, 3.63) is 64.7 Å². The Morgan fingerprint density at radius 2 is 2.06 bits per heavy atom. The number of hydrogen-bond acceptors (Lipinski definition) is 6. The van der Waals surface area contributed by atoms with Gasteiger partial charge in [-0.1, -0.05) is 24.6 Å². The van der Waals surface area contributed by atoms with Crippen molar-refractivity contribution in [3.63, 3.8) is 0 Å². The molecule has 2 N–H and O–H groups in total. The van der Waals surface area contributed by atoms with E-state index >= 15 is 0 Å². The maximum Gasteiger partial charge on any atom is 0.162 e. The molecule has 0 aliphatic heterocycles. The van der Waals surface area contributed by atoms with Crippen LogP contribution < -0.4 is 15.1 Å². The minimum Gasteiger partial charge on any atom is -0.504 e. The minimum absolute atomic E-state index is 0.0475.